The van der Waals surface area contributed by atoms with Crippen LogP contribution in [0, 0.1) is 22.0 Å². The van der Waals surface area contributed by atoms with Crippen molar-refractivity contribution in [1.82, 2.24) is 0 Å². The number of ketones is 1. The Kier molecular flexibility index (Phi) is 3.77. The van der Waals surface area contributed by atoms with Crippen LogP contribution in [0.1, 0.15) is 31.1 Å². The normalized spacial score (nSPS) is 12.5. The molecule has 1 aromatic rings. The molecule has 0 saturated carbocycles. The molecule has 0 saturated heterocycles. The van der Waals surface area contributed by atoms with E-state index in [0.717, 1.165) is 0 Å². The molecule has 0 heterocycles. The van der Waals surface area contributed by atoms with Crippen molar-refractivity contribution in [2.75, 3.05) is 0 Å². The van der Waals surface area contributed by atoms with E-state index in [4.69, 9.17) is 0 Å². The predicted octanol–water partition coefficient (Wildman–Crippen LogP) is 3.07. The van der Waals surface area contributed by atoms with Crippen LogP contribution in [0.15, 0.2) is 24.3 Å². The van der Waals surface area contributed by atoms with Crippen molar-refractivity contribution in [3.63, 3.8) is 0 Å². The fourth-order valence-electron chi connectivity index (χ4n) is 1.31. The second-order valence-corrected chi connectivity index (χ2v) is 4.20. The summed E-state index contributed by atoms with van der Waals surface area (Å²) >= 11 is 0. The molecule has 4 heteroatoms. The molecule has 0 aliphatic carbocycles. The highest BCUT2D eigenvalue weighted by Gasteiger charge is 2.18. The molecule has 1 atom stereocenters. The van der Waals surface area contributed by atoms with E-state index >= 15 is 0 Å². The van der Waals surface area contributed by atoms with Gasteiger partial charge < -0.3 is 0 Å². The minimum Gasteiger partial charge on any atom is -0.294 e. The third kappa shape index (κ3) is 2.66. The van der Waals surface area contributed by atoms with Gasteiger partial charge in [0.05, 0.1) is 4.92 Å². The highest BCUT2D eigenvalue weighted by atomic mass is 16.6. The molecule has 0 aliphatic rings. The van der Waals surface area contributed by atoms with Crippen LogP contribution in [0.5, 0.6) is 0 Å². The highest BCUT2D eigenvalue weighted by molar-refractivity contribution is 5.97. The van der Waals surface area contributed by atoms with E-state index < -0.39 is 4.92 Å². The molecule has 0 amide bonds. The minimum absolute atomic E-state index is 0.00810. The molecule has 0 aliphatic heterocycles. The molecule has 4 nitrogen and oxygen atoms in total. The fourth-order valence-corrected chi connectivity index (χ4v) is 1.31. The molecule has 0 N–H and O–H groups in total. The third-order valence-electron chi connectivity index (χ3n) is 2.78. The summed E-state index contributed by atoms with van der Waals surface area (Å²) in [6, 6.07) is 5.75. The fraction of sp³-hybridized carbons (Fsp3) is 0.417. The number of hydrogen-bond donors (Lipinski definition) is 0. The van der Waals surface area contributed by atoms with Gasteiger partial charge in [-0.15, -0.1) is 0 Å². The Labute approximate surface area is 94.4 Å². The number of Topliss-reactive ketones (excluding diaryl/α,β-unsaturated/α-hetero) is 1. The van der Waals surface area contributed by atoms with E-state index in [9.17, 15) is 14.9 Å². The Morgan fingerprint density at radius 1 is 1.19 bits per heavy atom. The minimum atomic E-state index is -0.472. The summed E-state index contributed by atoms with van der Waals surface area (Å²) in [7, 11) is 0. The molecule has 1 aromatic carbocycles. The Morgan fingerprint density at radius 2 is 1.69 bits per heavy atom. The Hall–Kier alpha value is -1.71. The summed E-state index contributed by atoms with van der Waals surface area (Å²) in [5.41, 5.74) is 0.542. The highest BCUT2D eigenvalue weighted by Crippen LogP contribution is 2.19. The van der Waals surface area contributed by atoms with E-state index in [-0.39, 0.29) is 23.3 Å². The van der Waals surface area contributed by atoms with Crippen molar-refractivity contribution in [3.8, 4) is 0 Å². The summed E-state index contributed by atoms with van der Waals surface area (Å²) in [6.07, 6.45) is 0. The zero-order valence-electron chi connectivity index (χ0n) is 9.64. The molecule has 0 fully saturated rings. The van der Waals surface area contributed by atoms with Gasteiger partial charge in [0, 0.05) is 23.6 Å². The average molecular weight is 221 g/mol. The van der Waals surface area contributed by atoms with Crippen molar-refractivity contribution < 1.29 is 9.72 Å². The second kappa shape index (κ2) is 4.88. The smallest absolute Gasteiger partial charge is 0.269 e. The number of rotatable bonds is 4. The molecule has 0 aromatic heterocycles. The van der Waals surface area contributed by atoms with Crippen LogP contribution in [0.3, 0.4) is 0 Å². The summed E-state index contributed by atoms with van der Waals surface area (Å²) in [5, 5.41) is 10.4. The maximum atomic E-state index is 11.9. The lowest BCUT2D eigenvalue weighted by Gasteiger charge is -2.13. The van der Waals surface area contributed by atoms with Crippen LogP contribution in [-0.2, 0) is 0 Å². The van der Waals surface area contributed by atoms with Gasteiger partial charge in [0.2, 0.25) is 0 Å². The van der Waals surface area contributed by atoms with Gasteiger partial charge in [0.15, 0.2) is 5.78 Å². The lowest BCUT2D eigenvalue weighted by Crippen LogP contribution is -2.16. The monoisotopic (exact) mass is 221 g/mol. The molecular weight excluding hydrogens is 206 g/mol. The van der Waals surface area contributed by atoms with Crippen molar-refractivity contribution in [3.05, 3.63) is 39.9 Å². The van der Waals surface area contributed by atoms with Crippen molar-refractivity contribution in [2.45, 2.75) is 20.8 Å². The van der Waals surface area contributed by atoms with E-state index in [0.29, 0.717) is 5.56 Å². The van der Waals surface area contributed by atoms with E-state index in [2.05, 4.69) is 0 Å². The zero-order chi connectivity index (χ0) is 12.3. The van der Waals surface area contributed by atoms with E-state index in [1.165, 1.54) is 24.3 Å². The van der Waals surface area contributed by atoms with Crippen molar-refractivity contribution in [1.29, 1.82) is 0 Å². The lowest BCUT2D eigenvalue weighted by molar-refractivity contribution is -0.384. The van der Waals surface area contributed by atoms with Gasteiger partial charge in [-0.25, -0.2) is 0 Å². The third-order valence-corrected chi connectivity index (χ3v) is 2.78. The number of carbonyl (C=O) groups excluding carboxylic acids is 1. The van der Waals surface area contributed by atoms with Gasteiger partial charge in [-0.2, -0.15) is 0 Å². The van der Waals surface area contributed by atoms with Gasteiger partial charge in [0.25, 0.3) is 5.69 Å². The maximum absolute atomic E-state index is 11.9. The van der Waals surface area contributed by atoms with E-state index in [1.807, 2.05) is 20.8 Å². The largest absolute Gasteiger partial charge is 0.294 e. The first-order chi connectivity index (χ1) is 7.43. The van der Waals surface area contributed by atoms with Crippen molar-refractivity contribution >= 4 is 11.5 Å². The number of benzene rings is 1. The molecule has 1 unspecified atom stereocenters. The predicted molar refractivity (Wildman–Crippen MR) is 61.4 cm³/mol. The molecule has 86 valence electrons. The first-order valence-electron chi connectivity index (χ1n) is 5.22. The standard InChI is InChI=1S/C12H15NO3/c1-8(2)9(3)12(14)10-4-6-11(7-5-10)13(15)16/h4-9H,1-3H3. The molecule has 0 spiro atoms. The topological polar surface area (TPSA) is 60.2 Å². The average Bonchev–Trinajstić information content (AvgIpc) is 2.27. The van der Waals surface area contributed by atoms with Crippen LogP contribution >= 0.6 is 0 Å². The maximum Gasteiger partial charge on any atom is 0.269 e. The summed E-state index contributed by atoms with van der Waals surface area (Å²) in [6.45, 7) is 5.83. The Morgan fingerprint density at radius 3 is 2.06 bits per heavy atom. The molecule has 0 bridgehead atoms. The van der Waals surface area contributed by atoms with Gasteiger partial charge in [-0.05, 0) is 18.1 Å². The number of carbonyl (C=O) groups is 1. The number of hydrogen-bond acceptors (Lipinski definition) is 3. The van der Waals surface area contributed by atoms with Crippen LogP contribution in [0.4, 0.5) is 5.69 Å². The first-order valence-corrected chi connectivity index (χ1v) is 5.22. The molecule has 1 rings (SSSR count). The SMILES string of the molecule is CC(C)C(C)C(=O)c1ccc([N+](=O)[O-])cc1. The molecule has 0 radical (unpaired) electrons. The summed E-state index contributed by atoms with van der Waals surface area (Å²) in [4.78, 5) is 21.9. The number of nitro groups is 1. The molecular formula is C12H15NO3. The Balaban J connectivity index is 2.90. The van der Waals surface area contributed by atoms with Crippen LogP contribution < -0.4 is 0 Å². The lowest BCUT2D eigenvalue weighted by atomic mass is 9.90. The number of nitro benzene ring substituents is 1. The number of nitrogens with zero attached hydrogens (tertiary/aromatic N) is 1. The first kappa shape index (κ1) is 12.4. The molecule has 16 heavy (non-hydrogen) atoms. The van der Waals surface area contributed by atoms with Crippen LogP contribution in [0.2, 0.25) is 0 Å². The van der Waals surface area contributed by atoms with Crippen molar-refractivity contribution in [2.24, 2.45) is 11.8 Å². The van der Waals surface area contributed by atoms with Gasteiger partial charge in [-0.1, -0.05) is 20.8 Å². The number of non-ortho nitro benzene ring substituents is 1. The quantitative estimate of drug-likeness (QED) is 0.446. The summed E-state index contributed by atoms with van der Waals surface area (Å²) < 4.78 is 0. The van der Waals surface area contributed by atoms with Gasteiger partial charge >= 0.3 is 0 Å². The Bertz CT molecular complexity index is 395. The zero-order valence-corrected chi connectivity index (χ0v) is 9.64. The second-order valence-electron chi connectivity index (χ2n) is 4.20. The van der Waals surface area contributed by atoms with Gasteiger partial charge in [-0.3, -0.25) is 14.9 Å². The van der Waals surface area contributed by atoms with Crippen LogP contribution in [-0.4, -0.2) is 10.7 Å². The summed E-state index contributed by atoms with van der Waals surface area (Å²) in [5.74, 6) is 0.231. The van der Waals surface area contributed by atoms with Gasteiger partial charge in [0.1, 0.15) is 0 Å². The van der Waals surface area contributed by atoms with Crippen LogP contribution in [0.25, 0.3) is 0 Å². The van der Waals surface area contributed by atoms with E-state index in [1.54, 1.807) is 0 Å².